The van der Waals surface area contributed by atoms with Gasteiger partial charge in [0.1, 0.15) is 6.54 Å². The predicted octanol–water partition coefficient (Wildman–Crippen LogP) is 4.95. The van der Waals surface area contributed by atoms with E-state index in [2.05, 4.69) is 0 Å². The summed E-state index contributed by atoms with van der Waals surface area (Å²) in [6, 6.07) is 19.0. The fourth-order valence-electron chi connectivity index (χ4n) is 3.66. The van der Waals surface area contributed by atoms with E-state index in [1.165, 1.54) is 0 Å². The third-order valence-electron chi connectivity index (χ3n) is 5.46. The lowest BCUT2D eigenvalue weighted by atomic mass is 10.0. The molecule has 1 aromatic heterocycles. The minimum Gasteiger partial charge on any atom is -0.454 e. The number of ether oxygens (including phenoxy) is 2. The zero-order valence-electron chi connectivity index (χ0n) is 19.1. The first-order valence-corrected chi connectivity index (χ1v) is 11.7. The van der Waals surface area contributed by atoms with Crippen LogP contribution in [0.2, 0.25) is 0 Å². The number of carbonyl (C=O) groups is 2. The molecule has 3 aromatic rings. The van der Waals surface area contributed by atoms with Gasteiger partial charge in [-0.3, -0.25) is 9.59 Å². The third-order valence-corrected chi connectivity index (χ3v) is 6.32. The highest BCUT2D eigenvalue weighted by atomic mass is 32.1. The molecule has 0 bridgehead atoms. The molecule has 4 rings (SSSR count). The Bertz CT molecular complexity index is 1110. The SMILES string of the molecule is CC(C)(C)N(CC(=O)N(Cc1ccccc1)Cc1cccs1)C(=O)c1ccc2c(c1)OCO2. The molecule has 7 heteroatoms. The van der Waals surface area contributed by atoms with Crippen molar-refractivity contribution in [2.75, 3.05) is 13.3 Å². The number of hydrogen-bond donors (Lipinski definition) is 0. The molecule has 33 heavy (non-hydrogen) atoms. The van der Waals surface area contributed by atoms with Crippen molar-refractivity contribution in [2.24, 2.45) is 0 Å². The molecular formula is C26H28N2O4S. The average molecular weight is 465 g/mol. The van der Waals surface area contributed by atoms with Crippen LogP contribution in [-0.4, -0.2) is 40.5 Å². The van der Waals surface area contributed by atoms with Gasteiger partial charge in [-0.05, 0) is 56.0 Å². The van der Waals surface area contributed by atoms with Gasteiger partial charge in [-0.25, -0.2) is 0 Å². The number of nitrogens with zero attached hydrogens (tertiary/aromatic N) is 2. The first kappa shape index (κ1) is 22.9. The molecule has 2 aromatic carbocycles. The van der Waals surface area contributed by atoms with Crippen LogP contribution in [0.5, 0.6) is 11.5 Å². The fourth-order valence-corrected chi connectivity index (χ4v) is 4.38. The second kappa shape index (κ2) is 9.67. The zero-order valence-corrected chi connectivity index (χ0v) is 19.9. The molecule has 2 heterocycles. The standard InChI is InChI=1S/C26H28N2O4S/c1-26(2,3)28(25(30)20-11-12-22-23(14-20)32-18-31-22)17-24(29)27(16-21-10-7-13-33-21)15-19-8-5-4-6-9-19/h4-14H,15-18H2,1-3H3. The van der Waals surface area contributed by atoms with E-state index in [1.54, 1.807) is 34.4 Å². The maximum Gasteiger partial charge on any atom is 0.254 e. The van der Waals surface area contributed by atoms with E-state index < -0.39 is 5.54 Å². The van der Waals surface area contributed by atoms with Crippen LogP contribution in [0.4, 0.5) is 0 Å². The summed E-state index contributed by atoms with van der Waals surface area (Å²) in [4.78, 5) is 31.6. The number of rotatable bonds is 7. The largest absolute Gasteiger partial charge is 0.454 e. The minimum absolute atomic E-state index is 0.0189. The first-order valence-electron chi connectivity index (χ1n) is 10.9. The number of hydrogen-bond acceptors (Lipinski definition) is 5. The molecule has 0 saturated carbocycles. The van der Waals surface area contributed by atoms with Gasteiger partial charge < -0.3 is 19.3 Å². The average Bonchev–Trinajstić information content (AvgIpc) is 3.47. The summed E-state index contributed by atoms with van der Waals surface area (Å²) in [5.74, 6) is 0.848. The molecule has 172 valence electrons. The van der Waals surface area contributed by atoms with E-state index in [0.717, 1.165) is 10.4 Å². The first-order chi connectivity index (χ1) is 15.8. The van der Waals surface area contributed by atoms with E-state index in [-0.39, 0.29) is 25.2 Å². The van der Waals surface area contributed by atoms with E-state index in [1.807, 2.05) is 73.5 Å². The van der Waals surface area contributed by atoms with Crippen LogP contribution in [-0.2, 0) is 17.9 Å². The van der Waals surface area contributed by atoms with Crippen LogP contribution in [0.15, 0.2) is 66.0 Å². The Morgan fingerprint density at radius 1 is 0.939 bits per heavy atom. The van der Waals surface area contributed by atoms with E-state index >= 15 is 0 Å². The number of carbonyl (C=O) groups excluding carboxylic acids is 2. The Hall–Kier alpha value is -3.32. The third kappa shape index (κ3) is 5.54. The highest BCUT2D eigenvalue weighted by Crippen LogP contribution is 2.33. The molecule has 0 aliphatic carbocycles. The van der Waals surface area contributed by atoms with Gasteiger partial charge in [0.05, 0.1) is 6.54 Å². The summed E-state index contributed by atoms with van der Waals surface area (Å²) in [7, 11) is 0. The van der Waals surface area contributed by atoms with Gasteiger partial charge in [0.2, 0.25) is 12.7 Å². The van der Waals surface area contributed by atoms with E-state index in [9.17, 15) is 9.59 Å². The normalized spacial score (nSPS) is 12.5. The quantitative estimate of drug-likeness (QED) is 0.497. The van der Waals surface area contributed by atoms with Gasteiger partial charge in [-0.2, -0.15) is 0 Å². The van der Waals surface area contributed by atoms with Crippen LogP contribution < -0.4 is 9.47 Å². The lowest BCUT2D eigenvalue weighted by Crippen LogP contribution is -2.51. The Kier molecular flexibility index (Phi) is 6.70. The molecule has 0 saturated heterocycles. The Morgan fingerprint density at radius 3 is 2.39 bits per heavy atom. The van der Waals surface area contributed by atoms with Crippen molar-refractivity contribution in [1.82, 2.24) is 9.80 Å². The molecule has 6 nitrogen and oxygen atoms in total. The zero-order chi connectivity index (χ0) is 23.4. The summed E-state index contributed by atoms with van der Waals surface area (Å²) in [6.07, 6.45) is 0. The maximum atomic E-state index is 13.5. The Balaban J connectivity index is 1.56. The lowest BCUT2D eigenvalue weighted by molar-refractivity contribution is -0.134. The molecule has 0 spiro atoms. The summed E-state index contributed by atoms with van der Waals surface area (Å²) in [5.41, 5.74) is 0.964. The van der Waals surface area contributed by atoms with Gasteiger partial charge in [-0.1, -0.05) is 36.4 Å². The van der Waals surface area contributed by atoms with Crippen LogP contribution in [0.3, 0.4) is 0 Å². The van der Waals surface area contributed by atoms with E-state index in [0.29, 0.717) is 30.2 Å². The van der Waals surface area contributed by atoms with Gasteiger partial charge in [-0.15, -0.1) is 11.3 Å². The lowest BCUT2D eigenvalue weighted by Gasteiger charge is -2.37. The summed E-state index contributed by atoms with van der Waals surface area (Å²) >= 11 is 1.62. The molecule has 1 aliphatic rings. The Labute approximate surface area is 198 Å². The minimum atomic E-state index is -0.551. The molecule has 1 aliphatic heterocycles. The van der Waals surface area contributed by atoms with Gasteiger partial charge in [0.15, 0.2) is 11.5 Å². The number of fused-ring (bicyclic) bond motifs is 1. The molecule has 0 fully saturated rings. The van der Waals surface area contributed by atoms with Crippen molar-refractivity contribution >= 4 is 23.2 Å². The second-order valence-corrected chi connectivity index (χ2v) is 9.98. The summed E-state index contributed by atoms with van der Waals surface area (Å²) in [6.45, 7) is 6.92. The Morgan fingerprint density at radius 2 is 1.70 bits per heavy atom. The highest BCUT2D eigenvalue weighted by Gasteiger charge is 2.32. The summed E-state index contributed by atoms with van der Waals surface area (Å²) < 4.78 is 10.8. The van der Waals surface area contributed by atoms with Crippen molar-refractivity contribution < 1.29 is 19.1 Å². The number of benzene rings is 2. The van der Waals surface area contributed by atoms with Crippen LogP contribution >= 0.6 is 11.3 Å². The molecular weight excluding hydrogens is 436 g/mol. The molecule has 0 unspecified atom stereocenters. The van der Waals surface area contributed by atoms with Crippen LogP contribution in [0.1, 0.15) is 41.6 Å². The monoisotopic (exact) mass is 464 g/mol. The second-order valence-electron chi connectivity index (χ2n) is 8.94. The molecule has 0 radical (unpaired) electrons. The van der Waals surface area contributed by atoms with Crippen molar-refractivity contribution in [3.05, 3.63) is 82.0 Å². The predicted molar refractivity (Wildman–Crippen MR) is 128 cm³/mol. The molecule has 2 amide bonds. The van der Waals surface area contributed by atoms with Gasteiger partial charge >= 0.3 is 0 Å². The number of thiophene rings is 1. The van der Waals surface area contributed by atoms with Crippen LogP contribution in [0.25, 0.3) is 0 Å². The van der Waals surface area contributed by atoms with Crippen molar-refractivity contribution in [1.29, 1.82) is 0 Å². The van der Waals surface area contributed by atoms with Crippen molar-refractivity contribution in [3.8, 4) is 11.5 Å². The van der Waals surface area contributed by atoms with Gasteiger partial charge in [0, 0.05) is 22.5 Å². The van der Waals surface area contributed by atoms with Gasteiger partial charge in [0.25, 0.3) is 5.91 Å². The molecule has 0 atom stereocenters. The van der Waals surface area contributed by atoms with E-state index in [4.69, 9.17) is 9.47 Å². The molecule has 0 N–H and O–H groups in total. The van der Waals surface area contributed by atoms with Crippen molar-refractivity contribution in [3.63, 3.8) is 0 Å². The summed E-state index contributed by atoms with van der Waals surface area (Å²) in [5, 5.41) is 2.01. The topological polar surface area (TPSA) is 59.1 Å². The maximum absolute atomic E-state index is 13.5. The fraction of sp³-hybridized carbons (Fsp3) is 0.308. The van der Waals surface area contributed by atoms with Crippen molar-refractivity contribution in [2.45, 2.75) is 39.4 Å². The highest BCUT2D eigenvalue weighted by molar-refractivity contribution is 7.09. The van der Waals surface area contributed by atoms with Crippen LogP contribution in [0, 0.1) is 0 Å². The number of amides is 2. The smallest absolute Gasteiger partial charge is 0.254 e.